The van der Waals surface area contributed by atoms with Gasteiger partial charge in [0.05, 0.1) is 0 Å². The number of aromatic nitrogens is 1. The standard InChI is InChI=1S/C17H23N3O/c1-4-20-15-6-5-12(17(21)19-18)9-14(15)13-7-10(2)11(3)8-16(13)20/h7-8,12H,4-6,9,18H2,1-3H3,(H,19,21). The molecule has 1 aliphatic carbocycles. The van der Waals surface area contributed by atoms with Crippen LogP contribution in [0, 0.1) is 19.8 Å². The molecule has 0 bridgehead atoms. The van der Waals surface area contributed by atoms with Crippen molar-refractivity contribution < 1.29 is 4.79 Å². The first kappa shape index (κ1) is 14.1. The van der Waals surface area contributed by atoms with Gasteiger partial charge in [-0.15, -0.1) is 0 Å². The van der Waals surface area contributed by atoms with Crippen LogP contribution in [-0.4, -0.2) is 10.5 Å². The topological polar surface area (TPSA) is 60.0 Å². The van der Waals surface area contributed by atoms with Gasteiger partial charge in [0.15, 0.2) is 0 Å². The Hall–Kier alpha value is -1.81. The highest BCUT2D eigenvalue weighted by Crippen LogP contribution is 2.35. The molecule has 1 heterocycles. The number of aryl methyl sites for hydroxylation is 3. The second-order valence-corrected chi connectivity index (χ2v) is 6.07. The number of hydrazine groups is 1. The molecule has 2 aromatic rings. The summed E-state index contributed by atoms with van der Waals surface area (Å²) in [5, 5.41) is 1.31. The Morgan fingerprint density at radius 2 is 2.10 bits per heavy atom. The van der Waals surface area contributed by atoms with Gasteiger partial charge in [0.2, 0.25) is 5.91 Å². The third-order valence-corrected chi connectivity index (χ3v) is 4.91. The molecule has 4 heteroatoms. The summed E-state index contributed by atoms with van der Waals surface area (Å²) in [7, 11) is 0. The lowest BCUT2D eigenvalue weighted by Crippen LogP contribution is -2.38. The first-order chi connectivity index (χ1) is 10.1. The van der Waals surface area contributed by atoms with Crippen LogP contribution in [0.2, 0.25) is 0 Å². The molecular weight excluding hydrogens is 262 g/mol. The number of nitrogens with one attached hydrogen (secondary N) is 1. The molecule has 1 atom stereocenters. The van der Waals surface area contributed by atoms with Gasteiger partial charge in [-0.3, -0.25) is 10.2 Å². The lowest BCUT2D eigenvalue weighted by Gasteiger charge is -2.22. The largest absolute Gasteiger partial charge is 0.345 e. The fourth-order valence-corrected chi connectivity index (χ4v) is 3.61. The molecule has 3 N–H and O–H groups in total. The molecule has 1 aromatic heterocycles. The van der Waals surface area contributed by atoms with E-state index in [0.29, 0.717) is 0 Å². The quantitative estimate of drug-likeness (QED) is 0.505. The summed E-state index contributed by atoms with van der Waals surface area (Å²) in [4.78, 5) is 11.9. The van der Waals surface area contributed by atoms with E-state index in [2.05, 4.69) is 42.9 Å². The van der Waals surface area contributed by atoms with E-state index in [1.54, 1.807) is 0 Å². The zero-order valence-electron chi connectivity index (χ0n) is 13.0. The van der Waals surface area contributed by atoms with Crippen LogP contribution in [0.3, 0.4) is 0 Å². The fourth-order valence-electron chi connectivity index (χ4n) is 3.61. The highest BCUT2D eigenvalue weighted by atomic mass is 16.2. The number of nitrogens with two attached hydrogens (primary N) is 1. The first-order valence-corrected chi connectivity index (χ1v) is 7.68. The van der Waals surface area contributed by atoms with Crippen LogP contribution in [0.25, 0.3) is 10.9 Å². The number of fused-ring (bicyclic) bond motifs is 3. The van der Waals surface area contributed by atoms with Gasteiger partial charge in [-0.2, -0.15) is 0 Å². The van der Waals surface area contributed by atoms with Gasteiger partial charge in [-0.1, -0.05) is 0 Å². The van der Waals surface area contributed by atoms with Gasteiger partial charge in [0, 0.05) is 29.1 Å². The summed E-state index contributed by atoms with van der Waals surface area (Å²) in [6.45, 7) is 7.47. The Labute approximate surface area is 125 Å². The number of nitrogens with zero attached hydrogens (tertiary/aromatic N) is 1. The molecule has 1 amide bonds. The maximum Gasteiger partial charge on any atom is 0.237 e. The maximum atomic E-state index is 11.9. The normalized spacial score (nSPS) is 17.8. The highest BCUT2D eigenvalue weighted by molar-refractivity contribution is 5.88. The van der Waals surface area contributed by atoms with Crippen molar-refractivity contribution in [2.45, 2.75) is 46.6 Å². The minimum absolute atomic E-state index is 0.0000142. The Bertz CT molecular complexity index is 715. The summed E-state index contributed by atoms with van der Waals surface area (Å²) in [6.07, 6.45) is 2.63. The number of benzene rings is 1. The average molecular weight is 285 g/mol. The minimum Gasteiger partial charge on any atom is -0.345 e. The van der Waals surface area contributed by atoms with E-state index in [4.69, 9.17) is 5.84 Å². The molecule has 0 aliphatic heterocycles. The summed E-state index contributed by atoms with van der Waals surface area (Å²) < 4.78 is 2.41. The van der Waals surface area contributed by atoms with Gasteiger partial charge in [0.25, 0.3) is 0 Å². The molecule has 0 radical (unpaired) electrons. The molecule has 4 nitrogen and oxygen atoms in total. The smallest absolute Gasteiger partial charge is 0.237 e. The van der Waals surface area contributed by atoms with E-state index >= 15 is 0 Å². The number of carbonyl (C=O) groups is 1. The lowest BCUT2D eigenvalue weighted by molar-refractivity contribution is -0.125. The third-order valence-electron chi connectivity index (χ3n) is 4.91. The van der Waals surface area contributed by atoms with Gasteiger partial charge in [-0.25, -0.2) is 5.84 Å². The summed E-state index contributed by atoms with van der Waals surface area (Å²) >= 11 is 0. The van der Waals surface area contributed by atoms with Crippen LogP contribution < -0.4 is 11.3 Å². The molecule has 0 fully saturated rings. The lowest BCUT2D eigenvalue weighted by atomic mass is 9.85. The summed E-state index contributed by atoms with van der Waals surface area (Å²) in [5.74, 6) is 5.27. The van der Waals surface area contributed by atoms with Crippen LogP contribution in [0.15, 0.2) is 12.1 Å². The molecule has 3 rings (SSSR count). The fraction of sp³-hybridized carbons (Fsp3) is 0.471. The van der Waals surface area contributed by atoms with Gasteiger partial charge in [0.1, 0.15) is 0 Å². The van der Waals surface area contributed by atoms with Gasteiger partial charge in [-0.05, 0) is 68.9 Å². The zero-order chi connectivity index (χ0) is 15.1. The van der Waals surface area contributed by atoms with E-state index in [1.165, 1.54) is 33.3 Å². The van der Waals surface area contributed by atoms with Crippen LogP contribution in [0.4, 0.5) is 0 Å². The summed E-state index contributed by atoms with van der Waals surface area (Å²) in [5.41, 5.74) is 8.99. The summed E-state index contributed by atoms with van der Waals surface area (Å²) in [6, 6.07) is 4.56. The molecule has 0 spiro atoms. The van der Waals surface area contributed by atoms with Crippen molar-refractivity contribution in [1.82, 2.24) is 9.99 Å². The molecule has 0 saturated heterocycles. The molecule has 21 heavy (non-hydrogen) atoms. The first-order valence-electron chi connectivity index (χ1n) is 7.68. The van der Waals surface area contributed by atoms with Crippen LogP contribution in [0.1, 0.15) is 35.7 Å². The second-order valence-electron chi connectivity index (χ2n) is 6.07. The van der Waals surface area contributed by atoms with Crippen molar-refractivity contribution >= 4 is 16.8 Å². The Kier molecular flexibility index (Phi) is 3.49. The Morgan fingerprint density at radius 3 is 2.76 bits per heavy atom. The number of hydrogen-bond acceptors (Lipinski definition) is 2. The van der Waals surface area contributed by atoms with E-state index < -0.39 is 0 Å². The minimum atomic E-state index is -0.0399. The molecule has 1 unspecified atom stereocenters. The van der Waals surface area contributed by atoms with E-state index in [1.807, 2.05) is 0 Å². The number of rotatable bonds is 2. The van der Waals surface area contributed by atoms with Crippen molar-refractivity contribution in [3.05, 3.63) is 34.5 Å². The van der Waals surface area contributed by atoms with Crippen molar-refractivity contribution in [2.75, 3.05) is 0 Å². The molecule has 0 saturated carbocycles. The van der Waals surface area contributed by atoms with Gasteiger partial charge < -0.3 is 4.57 Å². The highest BCUT2D eigenvalue weighted by Gasteiger charge is 2.28. The number of hydrogen-bond donors (Lipinski definition) is 2. The van der Waals surface area contributed by atoms with E-state index in [-0.39, 0.29) is 11.8 Å². The van der Waals surface area contributed by atoms with Crippen molar-refractivity contribution in [3.8, 4) is 0 Å². The maximum absolute atomic E-state index is 11.9. The van der Waals surface area contributed by atoms with E-state index in [0.717, 1.165) is 25.8 Å². The van der Waals surface area contributed by atoms with Gasteiger partial charge >= 0.3 is 0 Å². The van der Waals surface area contributed by atoms with E-state index in [9.17, 15) is 4.79 Å². The Balaban J connectivity index is 2.18. The average Bonchev–Trinajstić information content (AvgIpc) is 2.79. The third kappa shape index (κ3) is 2.14. The van der Waals surface area contributed by atoms with Crippen LogP contribution in [-0.2, 0) is 24.2 Å². The predicted octanol–water partition coefficient (Wildman–Crippen LogP) is 2.37. The Morgan fingerprint density at radius 1 is 1.38 bits per heavy atom. The van der Waals surface area contributed by atoms with Crippen molar-refractivity contribution in [1.29, 1.82) is 0 Å². The zero-order valence-corrected chi connectivity index (χ0v) is 13.0. The molecule has 112 valence electrons. The molecule has 1 aliphatic rings. The molecule has 1 aromatic carbocycles. The number of carbonyl (C=O) groups excluding carboxylic acids is 1. The van der Waals surface area contributed by atoms with Crippen LogP contribution >= 0.6 is 0 Å². The second kappa shape index (κ2) is 5.19. The monoisotopic (exact) mass is 285 g/mol. The van der Waals surface area contributed by atoms with Crippen molar-refractivity contribution in [3.63, 3.8) is 0 Å². The number of amides is 1. The van der Waals surface area contributed by atoms with Crippen LogP contribution in [0.5, 0.6) is 0 Å². The SMILES string of the molecule is CCn1c2c(c3cc(C)c(C)cc31)CC(C(=O)NN)CC2. The predicted molar refractivity (Wildman–Crippen MR) is 84.9 cm³/mol. The molecular formula is C17H23N3O. The van der Waals surface area contributed by atoms with Crippen molar-refractivity contribution in [2.24, 2.45) is 11.8 Å².